The van der Waals surface area contributed by atoms with Gasteiger partial charge in [-0.25, -0.2) is 8.78 Å². The van der Waals surface area contributed by atoms with Gasteiger partial charge in [-0.05, 0) is 69.0 Å². The van der Waals surface area contributed by atoms with E-state index in [1.165, 1.54) is 6.07 Å². The van der Waals surface area contributed by atoms with Crippen LogP contribution in [0.4, 0.5) is 8.78 Å². The Balaban J connectivity index is 1.62. The summed E-state index contributed by atoms with van der Waals surface area (Å²) < 4.78 is 44.8. The van der Waals surface area contributed by atoms with Crippen LogP contribution in [0.25, 0.3) is 0 Å². The summed E-state index contributed by atoms with van der Waals surface area (Å²) in [4.78, 5) is 12.1. The number of hydrogen-bond donors (Lipinski definition) is 1. The molecule has 0 spiro atoms. The van der Waals surface area contributed by atoms with Crippen LogP contribution in [0.3, 0.4) is 0 Å². The average molecular weight is 432 g/mol. The van der Waals surface area contributed by atoms with Gasteiger partial charge in [-0.15, -0.1) is 0 Å². The highest BCUT2D eigenvalue weighted by molar-refractivity contribution is 5.71. The molecule has 4 atom stereocenters. The number of aliphatic carboxylic acids is 1. The molecule has 2 aromatic carbocycles. The third-order valence-corrected chi connectivity index (χ3v) is 6.45. The Labute approximate surface area is 179 Å². The van der Waals surface area contributed by atoms with Gasteiger partial charge in [0.15, 0.2) is 11.6 Å². The van der Waals surface area contributed by atoms with Gasteiger partial charge in [-0.2, -0.15) is 0 Å². The van der Waals surface area contributed by atoms with Crippen LogP contribution in [0, 0.1) is 23.5 Å². The summed E-state index contributed by atoms with van der Waals surface area (Å²) in [5.41, 5.74) is 0.832. The van der Waals surface area contributed by atoms with Crippen molar-refractivity contribution < 1.29 is 32.9 Å². The number of carbonyl (C=O) groups is 1. The molecular formula is C24H26F2O5. The monoisotopic (exact) mass is 432 g/mol. The highest BCUT2D eigenvalue weighted by Crippen LogP contribution is 2.53. The fourth-order valence-corrected chi connectivity index (χ4v) is 4.73. The number of hydrogen-bond acceptors (Lipinski definition) is 4. The summed E-state index contributed by atoms with van der Waals surface area (Å²) in [6.45, 7) is 3.89. The van der Waals surface area contributed by atoms with Crippen molar-refractivity contribution in [3.8, 4) is 11.5 Å². The maximum atomic E-state index is 13.6. The van der Waals surface area contributed by atoms with Gasteiger partial charge in [-0.3, -0.25) is 4.79 Å². The molecule has 2 heterocycles. The van der Waals surface area contributed by atoms with E-state index in [0.717, 1.165) is 17.7 Å². The van der Waals surface area contributed by atoms with Crippen molar-refractivity contribution in [1.29, 1.82) is 0 Å². The first kappa shape index (κ1) is 21.6. The minimum absolute atomic E-state index is 0.160. The van der Waals surface area contributed by atoms with Crippen LogP contribution in [0.5, 0.6) is 11.5 Å². The second-order valence-corrected chi connectivity index (χ2v) is 8.78. The lowest BCUT2D eigenvalue weighted by atomic mass is 9.71. The number of fused-ring (bicyclic) bond motifs is 3. The fourth-order valence-electron chi connectivity index (χ4n) is 4.73. The SMILES string of the molecule is COc1ccc2c(c1)[C@H]1O[C@@H](CCc3ccc(F)c(F)c3)[C@H](C(=O)O)C[C@@H]1C(C)(C)O2. The van der Waals surface area contributed by atoms with Crippen molar-refractivity contribution in [2.24, 2.45) is 11.8 Å². The van der Waals surface area contributed by atoms with Gasteiger partial charge in [-0.1, -0.05) is 6.07 Å². The first-order chi connectivity index (χ1) is 14.7. The van der Waals surface area contributed by atoms with Crippen LogP contribution in [0.1, 0.15) is 43.9 Å². The van der Waals surface area contributed by atoms with E-state index in [1.807, 2.05) is 32.0 Å². The van der Waals surface area contributed by atoms with Gasteiger partial charge in [0.05, 0.1) is 25.2 Å². The maximum absolute atomic E-state index is 13.6. The van der Waals surface area contributed by atoms with Crippen LogP contribution in [-0.4, -0.2) is 29.9 Å². The van der Waals surface area contributed by atoms with Gasteiger partial charge < -0.3 is 19.3 Å². The van der Waals surface area contributed by atoms with Gasteiger partial charge in [0.2, 0.25) is 0 Å². The normalized spacial score (nSPS) is 26.4. The van der Waals surface area contributed by atoms with Crippen LogP contribution >= 0.6 is 0 Å². The molecule has 0 radical (unpaired) electrons. The number of ether oxygens (including phenoxy) is 3. The summed E-state index contributed by atoms with van der Waals surface area (Å²) >= 11 is 0. The topological polar surface area (TPSA) is 65.0 Å². The molecule has 0 aromatic heterocycles. The number of rotatable bonds is 5. The molecular weight excluding hydrogens is 406 g/mol. The molecule has 31 heavy (non-hydrogen) atoms. The summed E-state index contributed by atoms with van der Waals surface area (Å²) in [7, 11) is 1.58. The minimum atomic E-state index is -0.930. The van der Waals surface area contributed by atoms with Gasteiger partial charge in [0.25, 0.3) is 0 Å². The zero-order valence-electron chi connectivity index (χ0n) is 17.7. The summed E-state index contributed by atoms with van der Waals surface area (Å²) in [6.07, 6.45) is 0.241. The van der Waals surface area contributed by atoms with Crippen molar-refractivity contribution in [3.63, 3.8) is 0 Å². The van der Waals surface area contributed by atoms with Crippen molar-refractivity contribution in [3.05, 3.63) is 59.2 Å². The van der Waals surface area contributed by atoms with Gasteiger partial charge in [0, 0.05) is 11.5 Å². The lowest BCUT2D eigenvalue weighted by Crippen LogP contribution is -2.52. The summed E-state index contributed by atoms with van der Waals surface area (Å²) in [5, 5.41) is 9.87. The standard InChI is InChI=1S/C24H26F2O5/c1-24(2)17-12-16(23(27)28)20(8-5-13-4-7-18(25)19(26)10-13)30-22(17)15-11-14(29-3)6-9-21(15)31-24/h4,6-7,9-11,16-17,20,22H,5,8,12H2,1-3H3,(H,27,28)/t16-,17+,20+,22-/m1/s1. The lowest BCUT2D eigenvalue weighted by Gasteiger charge is -2.50. The number of carboxylic acids is 1. The van der Waals surface area contributed by atoms with Gasteiger partial charge in [0.1, 0.15) is 17.1 Å². The van der Waals surface area contributed by atoms with Crippen LogP contribution in [-0.2, 0) is 16.0 Å². The molecule has 5 nitrogen and oxygen atoms in total. The molecule has 0 amide bonds. The van der Waals surface area contributed by atoms with Crippen molar-refractivity contribution >= 4 is 5.97 Å². The zero-order valence-corrected chi connectivity index (χ0v) is 17.7. The van der Waals surface area contributed by atoms with E-state index in [0.29, 0.717) is 36.3 Å². The Morgan fingerprint density at radius 3 is 2.65 bits per heavy atom. The molecule has 166 valence electrons. The minimum Gasteiger partial charge on any atom is -0.497 e. The van der Waals surface area contributed by atoms with Crippen molar-refractivity contribution in [1.82, 2.24) is 0 Å². The highest BCUT2D eigenvalue weighted by Gasteiger charge is 2.52. The zero-order chi connectivity index (χ0) is 22.3. The molecule has 0 bridgehead atoms. The second-order valence-electron chi connectivity index (χ2n) is 8.78. The third-order valence-electron chi connectivity index (χ3n) is 6.45. The second kappa shape index (κ2) is 8.11. The Morgan fingerprint density at radius 1 is 1.19 bits per heavy atom. The smallest absolute Gasteiger partial charge is 0.309 e. The average Bonchev–Trinajstić information content (AvgIpc) is 2.73. The van der Waals surface area contributed by atoms with Crippen molar-refractivity contribution in [2.45, 2.75) is 50.9 Å². The van der Waals surface area contributed by atoms with E-state index < -0.39 is 35.2 Å². The number of benzene rings is 2. The number of halogens is 2. The molecule has 7 heteroatoms. The first-order valence-electron chi connectivity index (χ1n) is 10.4. The van der Waals surface area contributed by atoms with E-state index in [-0.39, 0.29) is 12.0 Å². The van der Waals surface area contributed by atoms with E-state index in [1.54, 1.807) is 7.11 Å². The molecule has 0 saturated carbocycles. The molecule has 2 aromatic rings. The van der Waals surface area contributed by atoms with E-state index in [4.69, 9.17) is 14.2 Å². The van der Waals surface area contributed by atoms with E-state index in [2.05, 4.69) is 0 Å². The maximum Gasteiger partial charge on any atom is 0.309 e. The molecule has 2 aliphatic heterocycles. The Bertz CT molecular complexity index is 990. The third kappa shape index (κ3) is 4.11. The molecule has 1 fully saturated rings. The molecule has 4 rings (SSSR count). The number of methoxy groups -OCH3 is 1. The van der Waals surface area contributed by atoms with E-state index >= 15 is 0 Å². The predicted octanol–water partition coefficient (Wildman–Crippen LogP) is 4.92. The van der Waals surface area contributed by atoms with E-state index in [9.17, 15) is 18.7 Å². The Hall–Kier alpha value is -2.67. The summed E-state index contributed by atoms with van der Waals surface area (Å²) in [5.74, 6) is -2.26. The Morgan fingerprint density at radius 2 is 1.97 bits per heavy atom. The Kier molecular flexibility index (Phi) is 5.64. The van der Waals surface area contributed by atoms with Crippen LogP contribution in [0.2, 0.25) is 0 Å². The number of carboxylic acid groups (broad SMARTS) is 1. The van der Waals surface area contributed by atoms with Crippen molar-refractivity contribution in [2.75, 3.05) is 7.11 Å². The first-order valence-corrected chi connectivity index (χ1v) is 10.4. The van der Waals surface area contributed by atoms with Crippen LogP contribution < -0.4 is 9.47 Å². The number of aryl methyl sites for hydroxylation is 1. The van der Waals surface area contributed by atoms with Crippen LogP contribution in [0.15, 0.2) is 36.4 Å². The highest BCUT2D eigenvalue weighted by atomic mass is 19.2. The largest absolute Gasteiger partial charge is 0.497 e. The molecule has 1 N–H and O–H groups in total. The molecule has 1 saturated heterocycles. The van der Waals surface area contributed by atoms with Gasteiger partial charge >= 0.3 is 5.97 Å². The predicted molar refractivity (Wildman–Crippen MR) is 109 cm³/mol. The lowest BCUT2D eigenvalue weighted by molar-refractivity contribution is -0.188. The molecule has 0 aliphatic carbocycles. The quantitative estimate of drug-likeness (QED) is 0.726. The molecule has 2 aliphatic rings. The summed E-state index contributed by atoms with van der Waals surface area (Å²) in [6, 6.07) is 9.27. The fraction of sp³-hybridized carbons (Fsp3) is 0.458. The molecule has 0 unspecified atom stereocenters.